The lowest BCUT2D eigenvalue weighted by molar-refractivity contribution is 0.159. The monoisotopic (exact) mass is 421 g/mol. The molecule has 7 heteroatoms. The minimum atomic E-state index is -3.50. The molecule has 0 saturated carbocycles. The number of hydrogen-bond acceptors (Lipinski definition) is 5. The number of ether oxygens (including phenoxy) is 1. The number of sulfonamides is 1. The molecule has 0 N–H and O–H groups in total. The van der Waals surface area contributed by atoms with Gasteiger partial charge in [0.25, 0.3) is 0 Å². The van der Waals surface area contributed by atoms with Crippen LogP contribution in [0.15, 0.2) is 71.6 Å². The molecule has 0 radical (unpaired) electrons. The van der Waals surface area contributed by atoms with Crippen LogP contribution in [0.1, 0.15) is 5.56 Å². The second-order valence-electron chi connectivity index (χ2n) is 7.24. The molecule has 0 atom stereocenters. The van der Waals surface area contributed by atoms with E-state index >= 15 is 0 Å². The van der Waals surface area contributed by atoms with Gasteiger partial charge in [-0.15, -0.1) is 0 Å². The molecule has 0 unspecified atom stereocenters. The first-order valence-electron chi connectivity index (χ1n) is 9.90. The highest BCUT2D eigenvalue weighted by Gasteiger charge is 2.28. The minimum absolute atomic E-state index is 0.346. The fourth-order valence-electron chi connectivity index (χ4n) is 3.59. The Balaban J connectivity index is 1.31. The van der Waals surface area contributed by atoms with Crippen molar-refractivity contribution in [3.63, 3.8) is 0 Å². The first-order chi connectivity index (χ1) is 14.6. The van der Waals surface area contributed by atoms with Crippen LogP contribution in [-0.2, 0) is 10.0 Å². The zero-order chi connectivity index (χ0) is 21.0. The van der Waals surface area contributed by atoms with Crippen molar-refractivity contribution in [1.29, 1.82) is 5.26 Å². The summed E-state index contributed by atoms with van der Waals surface area (Å²) in [5.74, 6) is 0.728. The quantitative estimate of drug-likeness (QED) is 0.612. The third kappa shape index (κ3) is 4.46. The molecule has 30 heavy (non-hydrogen) atoms. The average Bonchev–Trinajstić information content (AvgIpc) is 2.79. The first kappa shape index (κ1) is 20.4. The molecule has 3 aromatic rings. The number of fused-ring (bicyclic) bond motifs is 1. The summed E-state index contributed by atoms with van der Waals surface area (Å²) in [4.78, 5) is 2.55. The van der Waals surface area contributed by atoms with Gasteiger partial charge in [-0.1, -0.05) is 30.3 Å². The van der Waals surface area contributed by atoms with Crippen LogP contribution in [0, 0.1) is 11.3 Å². The molecular formula is C23H23N3O3S. The lowest BCUT2D eigenvalue weighted by Crippen LogP contribution is -2.49. The second-order valence-corrected chi connectivity index (χ2v) is 9.18. The molecule has 1 aliphatic rings. The fourth-order valence-corrected chi connectivity index (χ4v) is 5.05. The molecule has 1 fully saturated rings. The maximum absolute atomic E-state index is 13.0. The van der Waals surface area contributed by atoms with Crippen LogP contribution in [0.25, 0.3) is 10.8 Å². The van der Waals surface area contributed by atoms with E-state index in [-0.39, 0.29) is 0 Å². The van der Waals surface area contributed by atoms with Crippen molar-refractivity contribution in [2.75, 3.05) is 39.3 Å². The van der Waals surface area contributed by atoms with Gasteiger partial charge in [0.15, 0.2) is 0 Å². The molecule has 0 amide bonds. The van der Waals surface area contributed by atoms with Crippen LogP contribution in [0.5, 0.6) is 5.75 Å². The zero-order valence-corrected chi connectivity index (χ0v) is 17.4. The molecular weight excluding hydrogens is 398 g/mol. The maximum atomic E-state index is 13.0. The molecule has 4 rings (SSSR count). The molecule has 0 aromatic heterocycles. The van der Waals surface area contributed by atoms with Crippen molar-refractivity contribution in [3.8, 4) is 11.8 Å². The summed E-state index contributed by atoms with van der Waals surface area (Å²) in [6.07, 6.45) is 0. The van der Waals surface area contributed by atoms with Gasteiger partial charge >= 0.3 is 0 Å². The molecule has 1 heterocycles. The maximum Gasteiger partial charge on any atom is 0.243 e. The van der Waals surface area contributed by atoms with Crippen molar-refractivity contribution in [3.05, 3.63) is 72.3 Å². The van der Waals surface area contributed by atoms with Crippen molar-refractivity contribution in [1.82, 2.24) is 9.21 Å². The Hall–Kier alpha value is -2.92. The Morgan fingerprint density at radius 1 is 0.900 bits per heavy atom. The molecule has 6 nitrogen and oxygen atoms in total. The van der Waals surface area contributed by atoms with Gasteiger partial charge in [-0.3, -0.25) is 4.90 Å². The summed E-state index contributed by atoms with van der Waals surface area (Å²) in [6.45, 7) is 3.51. The summed E-state index contributed by atoms with van der Waals surface area (Å²) in [5.41, 5.74) is 0.603. The Morgan fingerprint density at radius 3 is 2.30 bits per heavy atom. The van der Waals surface area contributed by atoms with Gasteiger partial charge in [0, 0.05) is 32.7 Å². The van der Waals surface area contributed by atoms with Crippen LogP contribution < -0.4 is 4.74 Å². The van der Waals surface area contributed by atoms with E-state index in [1.54, 1.807) is 40.7 Å². The van der Waals surface area contributed by atoms with Crippen molar-refractivity contribution in [2.45, 2.75) is 4.90 Å². The third-order valence-corrected chi connectivity index (χ3v) is 7.24. The van der Waals surface area contributed by atoms with E-state index in [4.69, 9.17) is 10.00 Å². The predicted molar refractivity (Wildman–Crippen MR) is 116 cm³/mol. The summed E-state index contributed by atoms with van der Waals surface area (Å²) >= 11 is 0. The van der Waals surface area contributed by atoms with Crippen LogP contribution in [0.4, 0.5) is 0 Å². The van der Waals surface area contributed by atoms with Crippen molar-refractivity contribution in [2.24, 2.45) is 0 Å². The van der Waals surface area contributed by atoms with Gasteiger partial charge in [-0.2, -0.15) is 9.57 Å². The standard InChI is InChI=1S/C23H23N3O3S/c24-18-19-5-8-22(9-6-19)29-16-15-25-11-13-26(14-12-25)30(27,28)23-10-7-20-3-1-2-4-21(20)17-23/h1-10,17H,11-16H2. The van der Waals surface area contributed by atoms with E-state index in [2.05, 4.69) is 11.0 Å². The van der Waals surface area contributed by atoms with E-state index < -0.39 is 10.0 Å². The van der Waals surface area contributed by atoms with Gasteiger partial charge in [-0.05, 0) is 47.2 Å². The lowest BCUT2D eigenvalue weighted by atomic mass is 10.1. The number of rotatable bonds is 6. The van der Waals surface area contributed by atoms with Crippen LogP contribution >= 0.6 is 0 Å². The molecule has 0 bridgehead atoms. The number of hydrogen-bond donors (Lipinski definition) is 0. The Kier molecular flexibility index (Phi) is 6.00. The van der Waals surface area contributed by atoms with Gasteiger partial charge in [0.05, 0.1) is 16.5 Å². The minimum Gasteiger partial charge on any atom is -0.492 e. The summed E-state index contributed by atoms with van der Waals surface area (Å²) in [6, 6.07) is 22.2. The van der Waals surface area contributed by atoms with E-state index in [1.165, 1.54) is 0 Å². The predicted octanol–water partition coefficient (Wildman–Crippen LogP) is 3.10. The summed E-state index contributed by atoms with van der Waals surface area (Å²) in [7, 11) is -3.50. The van der Waals surface area contributed by atoms with Gasteiger partial charge < -0.3 is 4.74 Å². The number of nitriles is 1. The number of nitrogens with zero attached hydrogens (tertiary/aromatic N) is 3. The van der Waals surface area contributed by atoms with Crippen LogP contribution in [0.3, 0.4) is 0 Å². The molecule has 3 aromatic carbocycles. The molecule has 0 aliphatic carbocycles. The Morgan fingerprint density at radius 2 is 1.60 bits per heavy atom. The lowest BCUT2D eigenvalue weighted by Gasteiger charge is -2.33. The SMILES string of the molecule is N#Cc1ccc(OCCN2CCN(S(=O)(=O)c3ccc4ccccc4c3)CC2)cc1. The largest absolute Gasteiger partial charge is 0.492 e. The Bertz CT molecular complexity index is 1160. The van der Waals surface area contributed by atoms with E-state index in [9.17, 15) is 8.42 Å². The first-order valence-corrected chi connectivity index (χ1v) is 11.3. The number of benzene rings is 3. The van der Waals surface area contributed by atoms with Crippen molar-refractivity contribution < 1.29 is 13.2 Å². The smallest absolute Gasteiger partial charge is 0.243 e. The van der Waals surface area contributed by atoms with Gasteiger partial charge in [0.1, 0.15) is 12.4 Å². The topological polar surface area (TPSA) is 73.6 Å². The highest BCUT2D eigenvalue weighted by molar-refractivity contribution is 7.89. The zero-order valence-electron chi connectivity index (χ0n) is 16.6. The van der Waals surface area contributed by atoms with Gasteiger partial charge in [-0.25, -0.2) is 8.42 Å². The molecule has 1 saturated heterocycles. The summed E-state index contributed by atoms with van der Waals surface area (Å²) < 4.78 is 33.4. The molecule has 154 valence electrons. The fraction of sp³-hybridized carbons (Fsp3) is 0.261. The van der Waals surface area contributed by atoms with Crippen LogP contribution in [0.2, 0.25) is 0 Å². The molecule has 1 aliphatic heterocycles. The average molecular weight is 422 g/mol. The molecule has 0 spiro atoms. The third-order valence-electron chi connectivity index (χ3n) is 5.35. The van der Waals surface area contributed by atoms with Crippen LogP contribution in [-0.4, -0.2) is 57.0 Å². The normalized spacial score (nSPS) is 15.7. The number of piperazine rings is 1. The highest BCUT2D eigenvalue weighted by atomic mass is 32.2. The van der Waals surface area contributed by atoms with E-state index in [1.807, 2.05) is 30.3 Å². The Labute approximate surface area is 177 Å². The van der Waals surface area contributed by atoms with E-state index in [0.29, 0.717) is 43.2 Å². The van der Waals surface area contributed by atoms with Gasteiger partial charge in [0.2, 0.25) is 10.0 Å². The van der Waals surface area contributed by atoms with E-state index in [0.717, 1.165) is 23.1 Å². The highest BCUT2D eigenvalue weighted by Crippen LogP contribution is 2.23. The van der Waals surface area contributed by atoms with Crippen molar-refractivity contribution >= 4 is 20.8 Å². The second kappa shape index (κ2) is 8.84. The summed E-state index contributed by atoms with van der Waals surface area (Å²) in [5, 5.41) is 10.8.